The van der Waals surface area contributed by atoms with Gasteiger partial charge in [0.25, 0.3) is 5.69 Å². The lowest BCUT2D eigenvalue weighted by Crippen LogP contribution is -2.20. The van der Waals surface area contributed by atoms with Crippen LogP contribution in [0.25, 0.3) is 0 Å². The number of carbonyl (C=O) groups excluding carboxylic acids is 1. The average Bonchev–Trinajstić information content (AvgIpc) is 2.42. The first kappa shape index (κ1) is 15.5. The molecule has 2 amide bonds. The monoisotopic (exact) mass is 417 g/mol. The number of amides is 2. The second kappa shape index (κ2) is 6.72. The quantitative estimate of drug-likeness (QED) is 0.438. The lowest BCUT2D eigenvalue weighted by molar-refractivity contribution is -0.384. The van der Waals surface area contributed by atoms with E-state index in [1.165, 1.54) is 18.2 Å². The molecule has 2 aromatic carbocycles. The van der Waals surface area contributed by atoms with Gasteiger partial charge in [-0.3, -0.25) is 10.1 Å². The van der Waals surface area contributed by atoms with E-state index in [9.17, 15) is 14.9 Å². The molecule has 0 aliphatic carbocycles. The van der Waals surface area contributed by atoms with E-state index in [4.69, 9.17) is 11.6 Å². The maximum atomic E-state index is 11.9. The number of anilines is 2. The van der Waals surface area contributed by atoms with Gasteiger partial charge in [0, 0.05) is 26.4 Å². The first-order valence-electron chi connectivity index (χ1n) is 5.73. The molecule has 0 aliphatic rings. The van der Waals surface area contributed by atoms with Crippen LogP contribution in [0.15, 0.2) is 42.5 Å². The second-order valence-electron chi connectivity index (χ2n) is 4.01. The Morgan fingerprint density at radius 1 is 1.19 bits per heavy atom. The maximum Gasteiger partial charge on any atom is 0.323 e. The predicted octanol–water partition coefficient (Wildman–Crippen LogP) is 4.50. The highest BCUT2D eigenvalue weighted by molar-refractivity contribution is 14.1. The van der Waals surface area contributed by atoms with Gasteiger partial charge < -0.3 is 10.6 Å². The van der Waals surface area contributed by atoms with Crippen molar-refractivity contribution in [3.63, 3.8) is 0 Å². The van der Waals surface area contributed by atoms with Crippen molar-refractivity contribution in [1.29, 1.82) is 0 Å². The van der Waals surface area contributed by atoms with Crippen LogP contribution in [0, 0.1) is 13.7 Å². The number of hydrogen-bond acceptors (Lipinski definition) is 3. The average molecular weight is 418 g/mol. The highest BCUT2D eigenvalue weighted by atomic mass is 127. The van der Waals surface area contributed by atoms with E-state index in [0.29, 0.717) is 16.4 Å². The van der Waals surface area contributed by atoms with E-state index < -0.39 is 11.0 Å². The summed E-state index contributed by atoms with van der Waals surface area (Å²) >= 11 is 7.88. The molecule has 0 unspecified atom stereocenters. The fourth-order valence-electron chi connectivity index (χ4n) is 1.57. The van der Waals surface area contributed by atoms with Crippen molar-refractivity contribution >= 4 is 57.3 Å². The van der Waals surface area contributed by atoms with Gasteiger partial charge in [0.15, 0.2) is 0 Å². The third-order valence-corrected chi connectivity index (χ3v) is 3.62. The summed E-state index contributed by atoms with van der Waals surface area (Å²) < 4.78 is 0.786. The number of non-ortho nitro benzene ring substituents is 1. The van der Waals surface area contributed by atoms with Crippen LogP contribution < -0.4 is 10.6 Å². The highest BCUT2D eigenvalue weighted by Crippen LogP contribution is 2.23. The van der Waals surface area contributed by atoms with E-state index >= 15 is 0 Å². The van der Waals surface area contributed by atoms with Gasteiger partial charge in [-0.15, -0.1) is 0 Å². The Bertz CT molecular complexity index is 709. The molecule has 108 valence electrons. The minimum Gasteiger partial charge on any atom is -0.307 e. The second-order valence-corrected chi connectivity index (χ2v) is 5.61. The number of hydrogen-bond donors (Lipinski definition) is 2. The summed E-state index contributed by atoms with van der Waals surface area (Å²) in [6, 6.07) is 10.3. The predicted molar refractivity (Wildman–Crippen MR) is 89.9 cm³/mol. The zero-order valence-electron chi connectivity index (χ0n) is 10.5. The number of nitrogens with one attached hydrogen (secondary N) is 2. The molecule has 2 N–H and O–H groups in total. The molecule has 0 saturated carbocycles. The van der Waals surface area contributed by atoms with Gasteiger partial charge in [-0.05, 0) is 46.9 Å². The van der Waals surface area contributed by atoms with Crippen LogP contribution in [-0.2, 0) is 0 Å². The number of benzene rings is 2. The van der Waals surface area contributed by atoms with Crippen molar-refractivity contribution in [1.82, 2.24) is 0 Å². The van der Waals surface area contributed by atoms with Crippen LogP contribution in [0.5, 0.6) is 0 Å². The van der Waals surface area contributed by atoms with Gasteiger partial charge >= 0.3 is 6.03 Å². The van der Waals surface area contributed by atoms with Crippen molar-refractivity contribution in [2.45, 2.75) is 0 Å². The molecule has 0 saturated heterocycles. The van der Waals surface area contributed by atoms with E-state index in [1.54, 1.807) is 24.3 Å². The van der Waals surface area contributed by atoms with Crippen molar-refractivity contribution in [2.24, 2.45) is 0 Å². The zero-order chi connectivity index (χ0) is 15.4. The van der Waals surface area contributed by atoms with Gasteiger partial charge in [0.2, 0.25) is 0 Å². The molecule has 6 nitrogen and oxygen atoms in total. The molecular formula is C13H9ClIN3O3. The Kier molecular flexibility index (Phi) is 4.97. The standard InChI is InChI=1S/C13H9ClIN3O3/c14-8-4-5-12(11(15)6-8)17-13(19)16-9-2-1-3-10(7-9)18(20)21/h1-7H,(H2,16,17,19). The Labute approximate surface area is 138 Å². The van der Waals surface area contributed by atoms with Crippen LogP contribution in [0.1, 0.15) is 0 Å². The minimum absolute atomic E-state index is 0.0890. The molecular weight excluding hydrogens is 409 g/mol. The van der Waals surface area contributed by atoms with Crippen LogP contribution in [-0.4, -0.2) is 11.0 Å². The number of urea groups is 1. The first-order valence-corrected chi connectivity index (χ1v) is 7.19. The molecule has 0 spiro atoms. The number of rotatable bonds is 3. The van der Waals surface area contributed by atoms with Gasteiger partial charge in [-0.1, -0.05) is 17.7 Å². The van der Waals surface area contributed by atoms with Crippen LogP contribution in [0.2, 0.25) is 5.02 Å². The zero-order valence-corrected chi connectivity index (χ0v) is 13.4. The molecule has 0 aromatic heterocycles. The summed E-state index contributed by atoms with van der Waals surface area (Å²) in [5.41, 5.74) is 0.850. The van der Waals surface area contributed by atoms with Crippen molar-refractivity contribution in [3.8, 4) is 0 Å². The maximum absolute atomic E-state index is 11.9. The third-order valence-electron chi connectivity index (χ3n) is 2.49. The first-order chi connectivity index (χ1) is 9.95. The molecule has 0 radical (unpaired) electrons. The lowest BCUT2D eigenvalue weighted by Gasteiger charge is -2.09. The summed E-state index contributed by atoms with van der Waals surface area (Å²) in [5, 5.41) is 16.4. The van der Waals surface area contributed by atoms with Gasteiger partial charge in [-0.25, -0.2) is 4.79 Å². The smallest absolute Gasteiger partial charge is 0.307 e. The fraction of sp³-hybridized carbons (Fsp3) is 0. The summed E-state index contributed by atoms with van der Waals surface area (Å²) in [4.78, 5) is 22.0. The normalized spacial score (nSPS) is 10.0. The summed E-state index contributed by atoms with van der Waals surface area (Å²) in [5.74, 6) is 0. The van der Waals surface area contributed by atoms with E-state index in [1.807, 2.05) is 22.6 Å². The van der Waals surface area contributed by atoms with Crippen LogP contribution >= 0.6 is 34.2 Å². The molecule has 0 heterocycles. The third kappa shape index (κ3) is 4.30. The lowest BCUT2D eigenvalue weighted by atomic mass is 10.3. The number of nitro groups is 1. The Morgan fingerprint density at radius 2 is 1.95 bits per heavy atom. The van der Waals surface area contributed by atoms with E-state index in [-0.39, 0.29) is 5.69 Å². The molecule has 2 aromatic rings. The van der Waals surface area contributed by atoms with Crippen molar-refractivity contribution in [2.75, 3.05) is 10.6 Å². The Balaban J connectivity index is 2.08. The molecule has 0 fully saturated rings. The van der Waals surface area contributed by atoms with E-state index in [2.05, 4.69) is 10.6 Å². The Hall–Kier alpha value is -1.87. The molecule has 8 heteroatoms. The number of carbonyl (C=O) groups is 1. The molecule has 0 atom stereocenters. The van der Waals surface area contributed by atoms with Gasteiger partial charge in [-0.2, -0.15) is 0 Å². The van der Waals surface area contributed by atoms with E-state index in [0.717, 1.165) is 3.57 Å². The van der Waals surface area contributed by atoms with Crippen molar-refractivity contribution in [3.05, 3.63) is 61.2 Å². The largest absolute Gasteiger partial charge is 0.323 e. The van der Waals surface area contributed by atoms with Crippen molar-refractivity contribution < 1.29 is 9.72 Å². The van der Waals surface area contributed by atoms with Gasteiger partial charge in [0.1, 0.15) is 0 Å². The van der Waals surface area contributed by atoms with Crippen LogP contribution in [0.3, 0.4) is 0 Å². The molecule has 2 rings (SSSR count). The topological polar surface area (TPSA) is 84.3 Å². The van der Waals surface area contributed by atoms with Gasteiger partial charge in [0.05, 0.1) is 10.6 Å². The highest BCUT2D eigenvalue weighted by Gasteiger charge is 2.09. The number of nitro benzene ring substituents is 1. The molecule has 0 aliphatic heterocycles. The summed E-state index contributed by atoms with van der Waals surface area (Å²) in [6.07, 6.45) is 0. The minimum atomic E-state index is -0.523. The fourth-order valence-corrected chi connectivity index (χ4v) is 2.58. The van der Waals surface area contributed by atoms with Crippen LogP contribution in [0.4, 0.5) is 21.9 Å². The number of nitrogens with zero attached hydrogens (tertiary/aromatic N) is 1. The summed E-state index contributed by atoms with van der Waals surface area (Å²) in [6.45, 7) is 0. The SMILES string of the molecule is O=C(Nc1cccc([N+](=O)[O-])c1)Nc1ccc(Cl)cc1I. The molecule has 21 heavy (non-hydrogen) atoms. The number of halogens is 2. The molecule has 0 bridgehead atoms. The summed E-state index contributed by atoms with van der Waals surface area (Å²) in [7, 11) is 0. The Morgan fingerprint density at radius 3 is 2.62 bits per heavy atom.